The number of fused-ring (bicyclic) bond motifs is 5. The molecule has 0 atom stereocenters. The van der Waals surface area contributed by atoms with Crippen molar-refractivity contribution in [3.63, 3.8) is 0 Å². The molecule has 0 unspecified atom stereocenters. The van der Waals surface area contributed by atoms with Gasteiger partial charge in [-0.25, -0.2) is 22.2 Å². The third-order valence-electron chi connectivity index (χ3n) is 9.50. The van der Waals surface area contributed by atoms with Gasteiger partial charge in [0.15, 0.2) is 5.65 Å². The van der Waals surface area contributed by atoms with Gasteiger partial charge in [-0.1, -0.05) is 24.3 Å². The molecule has 2 aliphatic rings. The molecule has 2 aromatic carbocycles. The number of aryl methyl sites for hydroxylation is 2. The van der Waals surface area contributed by atoms with Crippen molar-refractivity contribution in [2.45, 2.75) is 56.3 Å². The van der Waals surface area contributed by atoms with E-state index in [1.807, 2.05) is 63.1 Å². The maximum atomic E-state index is 14.8. The second kappa shape index (κ2) is 11.0. The number of aromatic nitrogens is 6. The van der Waals surface area contributed by atoms with Crippen LogP contribution in [-0.2, 0) is 45.8 Å². The van der Waals surface area contributed by atoms with Crippen molar-refractivity contribution in [2.24, 2.45) is 14.1 Å². The molecule has 4 aromatic heterocycles. The summed E-state index contributed by atoms with van der Waals surface area (Å²) in [4.78, 5) is 19.8. The molecule has 49 heavy (non-hydrogen) atoms. The number of nitrogens with zero attached hydrogens (tertiary/aromatic N) is 7. The summed E-state index contributed by atoms with van der Waals surface area (Å²) < 4.78 is 46.8. The van der Waals surface area contributed by atoms with Crippen LogP contribution in [0.1, 0.15) is 44.7 Å². The number of benzene rings is 2. The number of pyridine rings is 1. The Bertz CT molecular complexity index is 2380. The second-order valence-corrected chi connectivity index (χ2v) is 15.6. The Kier molecular flexibility index (Phi) is 7.02. The number of likely N-dealkylation sites (tertiary alicyclic amines) is 1. The zero-order chi connectivity index (χ0) is 34.3. The van der Waals surface area contributed by atoms with Crippen molar-refractivity contribution in [1.29, 1.82) is 0 Å². The molecule has 13 heteroatoms. The van der Waals surface area contributed by atoms with E-state index >= 15 is 0 Å². The van der Waals surface area contributed by atoms with E-state index < -0.39 is 21.2 Å². The quantitative estimate of drug-likeness (QED) is 0.223. The summed E-state index contributed by atoms with van der Waals surface area (Å²) in [5, 5.41) is 10.5. The Morgan fingerprint density at radius 3 is 2.41 bits per heavy atom. The van der Waals surface area contributed by atoms with Crippen LogP contribution in [0.3, 0.4) is 0 Å². The van der Waals surface area contributed by atoms with E-state index in [1.54, 1.807) is 59.4 Å². The molecule has 2 aliphatic heterocycles. The van der Waals surface area contributed by atoms with E-state index in [9.17, 15) is 13.2 Å². The summed E-state index contributed by atoms with van der Waals surface area (Å²) in [6.45, 7) is 6.74. The minimum atomic E-state index is -4.17. The van der Waals surface area contributed by atoms with E-state index in [4.69, 9.17) is 14.5 Å². The van der Waals surface area contributed by atoms with Crippen LogP contribution < -0.4 is 0 Å². The molecule has 0 radical (unpaired) electrons. The van der Waals surface area contributed by atoms with Gasteiger partial charge in [-0.05, 0) is 63.4 Å². The normalized spacial score (nSPS) is 16.1. The average Bonchev–Trinajstić information content (AvgIpc) is 3.84. The number of hydrogen-bond donors (Lipinski definition) is 0. The predicted molar refractivity (Wildman–Crippen MR) is 184 cm³/mol. The van der Waals surface area contributed by atoms with Gasteiger partial charge >= 0.3 is 6.09 Å². The molecule has 0 saturated carbocycles. The van der Waals surface area contributed by atoms with Gasteiger partial charge in [0.05, 0.1) is 40.7 Å². The summed E-state index contributed by atoms with van der Waals surface area (Å²) in [5.74, 6) is 0. The fourth-order valence-corrected chi connectivity index (χ4v) is 8.80. The third-order valence-corrected chi connectivity index (χ3v) is 11.2. The first kappa shape index (κ1) is 31.3. The molecule has 0 N–H and O–H groups in total. The summed E-state index contributed by atoms with van der Waals surface area (Å²) in [5.41, 5.74) is 4.31. The number of ether oxygens (including phenoxy) is 2. The summed E-state index contributed by atoms with van der Waals surface area (Å²) in [7, 11) is -0.469. The Balaban J connectivity index is 1.42. The predicted octanol–water partition coefficient (Wildman–Crippen LogP) is 5.98. The zero-order valence-electron chi connectivity index (χ0n) is 28.0. The molecule has 1 amide bonds. The highest BCUT2D eigenvalue weighted by molar-refractivity contribution is 7.90. The van der Waals surface area contributed by atoms with Gasteiger partial charge in [0.2, 0.25) is 0 Å². The minimum absolute atomic E-state index is 0.144. The lowest BCUT2D eigenvalue weighted by atomic mass is 9.81. The Morgan fingerprint density at radius 1 is 0.959 bits per heavy atom. The van der Waals surface area contributed by atoms with Crippen molar-refractivity contribution in [2.75, 3.05) is 13.1 Å². The average molecular weight is 680 g/mol. The summed E-state index contributed by atoms with van der Waals surface area (Å²) in [6, 6.07) is 14.5. The van der Waals surface area contributed by atoms with E-state index in [1.165, 1.54) is 3.97 Å². The van der Waals surface area contributed by atoms with Crippen molar-refractivity contribution in [1.82, 2.24) is 33.4 Å². The fourth-order valence-electron chi connectivity index (χ4n) is 7.28. The number of piperidine rings is 1. The smallest absolute Gasteiger partial charge is 0.410 e. The van der Waals surface area contributed by atoms with Gasteiger partial charge in [0, 0.05) is 72.6 Å². The summed E-state index contributed by atoms with van der Waals surface area (Å²) in [6.07, 6.45) is 7.72. The second-order valence-electron chi connectivity index (χ2n) is 13.9. The first-order valence-corrected chi connectivity index (χ1v) is 17.7. The van der Waals surface area contributed by atoms with Gasteiger partial charge in [-0.15, -0.1) is 0 Å². The van der Waals surface area contributed by atoms with Crippen LogP contribution in [0, 0.1) is 0 Å². The number of amides is 1. The van der Waals surface area contributed by atoms with E-state index in [2.05, 4.69) is 10.2 Å². The highest BCUT2D eigenvalue weighted by Gasteiger charge is 2.47. The van der Waals surface area contributed by atoms with Crippen molar-refractivity contribution < 1.29 is 22.7 Å². The van der Waals surface area contributed by atoms with Crippen molar-refractivity contribution in [3.05, 3.63) is 84.4 Å². The topological polar surface area (TPSA) is 126 Å². The number of rotatable bonds is 4. The van der Waals surface area contributed by atoms with Crippen molar-refractivity contribution >= 4 is 38.1 Å². The van der Waals surface area contributed by atoms with Crippen LogP contribution in [0.5, 0.6) is 0 Å². The molecule has 6 heterocycles. The highest BCUT2D eigenvalue weighted by Crippen LogP contribution is 2.52. The molecule has 0 aliphatic carbocycles. The SMILES string of the molecule is Cn1cc(-c2c(-c3ccc4c(cnn4C)c3)c3c4c(cnc3n2S(=O)(=O)c2ccccc2)COC42CCN(C(=O)OC(C)(C)C)CC2)cn1. The number of carbonyl (C=O) groups excluding carboxylic acids is 1. The van der Waals surface area contributed by atoms with E-state index in [0.717, 1.165) is 33.2 Å². The van der Waals surface area contributed by atoms with Gasteiger partial charge < -0.3 is 14.4 Å². The molecule has 12 nitrogen and oxygen atoms in total. The standard InChI is InChI=1S/C36H37N7O5S/c1-35(2,3)48-34(44)42-15-13-36(14-16-42)31-26(22-47-36)18-37-33-30(31)29(23-11-12-28-24(17-23)19-39-41(28)5)32(25-20-38-40(4)21-25)43(33)49(45,46)27-9-7-6-8-10-27/h6-12,17-21H,13-16,22H2,1-5H3. The molecule has 1 saturated heterocycles. The molecule has 1 spiro atoms. The molecule has 0 bridgehead atoms. The maximum Gasteiger partial charge on any atom is 0.410 e. The van der Waals surface area contributed by atoms with E-state index in [-0.39, 0.29) is 11.0 Å². The lowest BCUT2D eigenvalue weighted by Crippen LogP contribution is -2.46. The largest absolute Gasteiger partial charge is 0.444 e. The molecule has 8 rings (SSSR count). The van der Waals surface area contributed by atoms with Gasteiger partial charge in [-0.3, -0.25) is 9.36 Å². The maximum absolute atomic E-state index is 14.8. The monoisotopic (exact) mass is 679 g/mol. The van der Waals surface area contributed by atoms with Crippen LogP contribution in [0.25, 0.3) is 44.3 Å². The Hall–Kier alpha value is -5.01. The number of hydrogen-bond acceptors (Lipinski definition) is 8. The van der Waals surface area contributed by atoms with Crippen LogP contribution in [0.2, 0.25) is 0 Å². The number of carbonyl (C=O) groups is 1. The van der Waals surface area contributed by atoms with Crippen LogP contribution >= 0.6 is 0 Å². The van der Waals surface area contributed by atoms with Crippen LogP contribution in [-0.4, -0.2) is 66.6 Å². The Morgan fingerprint density at radius 2 is 1.71 bits per heavy atom. The van der Waals surface area contributed by atoms with Gasteiger partial charge in [-0.2, -0.15) is 10.2 Å². The first-order chi connectivity index (χ1) is 23.4. The van der Waals surface area contributed by atoms with Gasteiger partial charge in [0.1, 0.15) is 5.60 Å². The minimum Gasteiger partial charge on any atom is -0.444 e. The highest BCUT2D eigenvalue weighted by atomic mass is 32.2. The lowest BCUT2D eigenvalue weighted by Gasteiger charge is -2.39. The molecule has 252 valence electrons. The van der Waals surface area contributed by atoms with Crippen molar-refractivity contribution in [3.8, 4) is 22.4 Å². The molecule has 6 aromatic rings. The molecular weight excluding hydrogens is 643 g/mol. The third kappa shape index (κ3) is 5.02. The summed E-state index contributed by atoms with van der Waals surface area (Å²) >= 11 is 0. The molecule has 1 fully saturated rings. The van der Waals surface area contributed by atoms with Crippen LogP contribution in [0.4, 0.5) is 4.79 Å². The van der Waals surface area contributed by atoms with Crippen LogP contribution in [0.15, 0.2) is 78.2 Å². The van der Waals surface area contributed by atoms with E-state index in [0.29, 0.717) is 54.8 Å². The Labute approximate surface area is 283 Å². The zero-order valence-corrected chi connectivity index (χ0v) is 28.9. The molecular formula is C36H37N7O5S. The lowest BCUT2D eigenvalue weighted by molar-refractivity contribution is -0.0790. The first-order valence-electron chi connectivity index (χ1n) is 16.3. The van der Waals surface area contributed by atoms with Gasteiger partial charge in [0.25, 0.3) is 10.0 Å². The fraction of sp³-hybridized carbons (Fsp3) is 0.333.